The Kier molecular flexibility index (Phi) is 6.64. The van der Waals surface area contributed by atoms with Crippen molar-refractivity contribution in [3.63, 3.8) is 0 Å². The van der Waals surface area contributed by atoms with Crippen molar-refractivity contribution in [2.24, 2.45) is 17.8 Å². The van der Waals surface area contributed by atoms with Crippen molar-refractivity contribution in [1.29, 1.82) is 0 Å². The van der Waals surface area contributed by atoms with Gasteiger partial charge in [-0.05, 0) is 97.9 Å². The van der Waals surface area contributed by atoms with Gasteiger partial charge in [0.15, 0.2) is 11.6 Å². The minimum atomic E-state index is -0.804. The third kappa shape index (κ3) is 5.25. The van der Waals surface area contributed by atoms with Crippen LogP contribution in [0.1, 0.15) is 63.4 Å². The summed E-state index contributed by atoms with van der Waals surface area (Å²) in [7, 11) is 0. The Morgan fingerprint density at radius 2 is 1.28 bits per heavy atom. The first-order chi connectivity index (χ1) is 14.1. The molecular weight excluding hydrogens is 366 g/mol. The van der Waals surface area contributed by atoms with E-state index in [9.17, 15) is 13.9 Å². The van der Waals surface area contributed by atoms with E-state index in [4.69, 9.17) is 0 Å². The zero-order valence-electron chi connectivity index (χ0n) is 17.1. The van der Waals surface area contributed by atoms with Crippen molar-refractivity contribution in [3.8, 4) is 11.1 Å². The van der Waals surface area contributed by atoms with Crippen LogP contribution in [0.4, 0.5) is 8.78 Å². The average Bonchev–Trinajstić information content (AvgIpc) is 2.76. The maximum Gasteiger partial charge on any atom is 0.159 e. The Labute approximate surface area is 173 Å². The summed E-state index contributed by atoms with van der Waals surface area (Å²) in [4.78, 5) is 0. The Hall–Kier alpha value is -1.74. The first-order valence-corrected chi connectivity index (χ1v) is 11.3. The number of aliphatic hydroxyl groups is 1. The van der Waals surface area contributed by atoms with E-state index >= 15 is 0 Å². The van der Waals surface area contributed by atoms with Gasteiger partial charge in [-0.2, -0.15) is 0 Å². The molecule has 0 bridgehead atoms. The normalized spacial score (nSPS) is 27.7. The van der Waals surface area contributed by atoms with Crippen LogP contribution in [0.3, 0.4) is 0 Å². The Morgan fingerprint density at radius 3 is 1.90 bits per heavy atom. The molecule has 0 spiro atoms. The molecule has 0 unspecified atom stereocenters. The molecule has 3 heteroatoms. The molecular formula is C26H32F2O. The molecule has 2 aromatic rings. The van der Waals surface area contributed by atoms with Crippen molar-refractivity contribution in [2.75, 3.05) is 0 Å². The standard InChI is InChI=1S/C26H32F2O/c27-25-16-13-23(17-26(25)28)22-9-5-19(6-10-22)2-1-18-3-7-20(8-4-18)21-11-14-24(29)15-12-21/h5-6,9-10,13,16-18,20-21,24,29H,1-4,7-8,11-12,14-15H2. The molecule has 0 amide bonds. The number of benzene rings is 2. The monoisotopic (exact) mass is 398 g/mol. The molecule has 4 rings (SSSR count). The second-order valence-corrected chi connectivity index (χ2v) is 9.21. The maximum atomic E-state index is 13.4. The highest BCUT2D eigenvalue weighted by Crippen LogP contribution is 2.41. The van der Waals surface area contributed by atoms with Crippen LogP contribution in [-0.2, 0) is 6.42 Å². The van der Waals surface area contributed by atoms with Gasteiger partial charge in [0.1, 0.15) is 0 Å². The zero-order valence-corrected chi connectivity index (χ0v) is 17.1. The summed E-state index contributed by atoms with van der Waals surface area (Å²) in [6, 6.07) is 12.3. The molecule has 2 aromatic carbocycles. The Balaban J connectivity index is 1.24. The number of aliphatic hydroxyl groups excluding tert-OH is 1. The fraction of sp³-hybridized carbons (Fsp3) is 0.538. The Bertz CT molecular complexity index is 785. The smallest absolute Gasteiger partial charge is 0.159 e. The molecule has 0 saturated heterocycles. The zero-order chi connectivity index (χ0) is 20.2. The molecule has 0 heterocycles. The predicted molar refractivity (Wildman–Crippen MR) is 114 cm³/mol. The van der Waals surface area contributed by atoms with E-state index in [1.807, 2.05) is 12.1 Å². The van der Waals surface area contributed by atoms with Gasteiger partial charge in [0, 0.05) is 0 Å². The van der Waals surface area contributed by atoms with Gasteiger partial charge < -0.3 is 5.11 Å². The number of hydrogen-bond donors (Lipinski definition) is 1. The molecule has 2 aliphatic carbocycles. The molecule has 156 valence electrons. The number of aryl methyl sites for hydroxylation is 1. The van der Waals surface area contributed by atoms with Crippen LogP contribution in [0.5, 0.6) is 0 Å². The molecule has 29 heavy (non-hydrogen) atoms. The molecule has 1 N–H and O–H groups in total. The average molecular weight is 399 g/mol. The summed E-state index contributed by atoms with van der Waals surface area (Å²) >= 11 is 0. The van der Waals surface area contributed by atoms with Gasteiger partial charge in [0.25, 0.3) is 0 Å². The van der Waals surface area contributed by atoms with E-state index in [0.717, 1.165) is 42.6 Å². The first-order valence-electron chi connectivity index (χ1n) is 11.3. The lowest BCUT2D eigenvalue weighted by Crippen LogP contribution is -2.27. The number of hydrogen-bond acceptors (Lipinski definition) is 1. The van der Waals surface area contributed by atoms with Crippen LogP contribution in [-0.4, -0.2) is 11.2 Å². The Morgan fingerprint density at radius 1 is 0.690 bits per heavy atom. The molecule has 0 aliphatic heterocycles. The summed E-state index contributed by atoms with van der Waals surface area (Å²) in [5.41, 5.74) is 2.95. The van der Waals surface area contributed by atoms with Gasteiger partial charge in [0.2, 0.25) is 0 Å². The summed E-state index contributed by atoms with van der Waals surface area (Å²) < 4.78 is 26.6. The molecule has 0 radical (unpaired) electrons. The lowest BCUT2D eigenvalue weighted by molar-refractivity contribution is 0.0765. The summed E-state index contributed by atoms with van der Waals surface area (Å²) in [5, 5.41) is 9.72. The van der Waals surface area contributed by atoms with E-state index in [1.165, 1.54) is 62.6 Å². The summed E-state index contributed by atoms with van der Waals surface area (Å²) in [6.07, 6.45) is 12.1. The van der Waals surface area contributed by atoms with Gasteiger partial charge in [-0.1, -0.05) is 43.2 Å². The van der Waals surface area contributed by atoms with Gasteiger partial charge in [-0.25, -0.2) is 8.78 Å². The van der Waals surface area contributed by atoms with Gasteiger partial charge in [-0.15, -0.1) is 0 Å². The largest absolute Gasteiger partial charge is 0.393 e. The third-order valence-corrected chi connectivity index (χ3v) is 7.35. The third-order valence-electron chi connectivity index (χ3n) is 7.35. The second-order valence-electron chi connectivity index (χ2n) is 9.21. The van der Waals surface area contributed by atoms with Crippen molar-refractivity contribution in [2.45, 2.75) is 70.3 Å². The molecule has 2 fully saturated rings. The van der Waals surface area contributed by atoms with Crippen LogP contribution in [0.2, 0.25) is 0 Å². The summed E-state index contributed by atoms with van der Waals surface area (Å²) in [5.74, 6) is 0.955. The first kappa shape index (κ1) is 20.5. The van der Waals surface area contributed by atoms with E-state index in [2.05, 4.69) is 12.1 Å². The van der Waals surface area contributed by atoms with Crippen molar-refractivity contribution in [1.82, 2.24) is 0 Å². The molecule has 0 atom stereocenters. The molecule has 1 nitrogen and oxygen atoms in total. The van der Waals surface area contributed by atoms with Crippen LogP contribution < -0.4 is 0 Å². The summed E-state index contributed by atoms with van der Waals surface area (Å²) in [6.45, 7) is 0. The van der Waals surface area contributed by atoms with Crippen LogP contribution in [0.15, 0.2) is 42.5 Å². The van der Waals surface area contributed by atoms with Crippen molar-refractivity contribution >= 4 is 0 Å². The van der Waals surface area contributed by atoms with E-state index in [0.29, 0.717) is 5.56 Å². The highest BCUT2D eigenvalue weighted by molar-refractivity contribution is 5.63. The maximum absolute atomic E-state index is 13.4. The lowest BCUT2D eigenvalue weighted by atomic mass is 9.70. The molecule has 2 saturated carbocycles. The number of rotatable bonds is 5. The molecule has 2 aliphatic rings. The fourth-order valence-electron chi connectivity index (χ4n) is 5.43. The number of halogens is 2. The van der Waals surface area contributed by atoms with E-state index in [-0.39, 0.29) is 6.10 Å². The van der Waals surface area contributed by atoms with Crippen LogP contribution in [0.25, 0.3) is 11.1 Å². The van der Waals surface area contributed by atoms with E-state index in [1.54, 1.807) is 6.07 Å². The van der Waals surface area contributed by atoms with Crippen LogP contribution in [0, 0.1) is 29.4 Å². The van der Waals surface area contributed by atoms with Crippen molar-refractivity contribution < 1.29 is 13.9 Å². The van der Waals surface area contributed by atoms with Crippen molar-refractivity contribution in [3.05, 3.63) is 59.7 Å². The van der Waals surface area contributed by atoms with Gasteiger partial charge in [-0.3, -0.25) is 0 Å². The van der Waals surface area contributed by atoms with Crippen LogP contribution >= 0.6 is 0 Å². The molecule has 0 aromatic heterocycles. The minimum Gasteiger partial charge on any atom is -0.393 e. The van der Waals surface area contributed by atoms with Gasteiger partial charge >= 0.3 is 0 Å². The predicted octanol–water partition coefficient (Wildman–Crippen LogP) is 6.92. The highest BCUT2D eigenvalue weighted by Gasteiger charge is 2.30. The quantitative estimate of drug-likeness (QED) is 0.579. The highest BCUT2D eigenvalue weighted by atomic mass is 19.2. The van der Waals surface area contributed by atoms with E-state index < -0.39 is 11.6 Å². The topological polar surface area (TPSA) is 20.2 Å². The lowest BCUT2D eigenvalue weighted by Gasteiger charge is -2.37. The fourth-order valence-corrected chi connectivity index (χ4v) is 5.43. The second kappa shape index (κ2) is 9.38. The minimum absolute atomic E-state index is 0.0453. The SMILES string of the molecule is OC1CCC(C2CCC(CCc3ccc(-c4ccc(F)c(F)c4)cc3)CC2)CC1. The van der Waals surface area contributed by atoms with Gasteiger partial charge in [0.05, 0.1) is 6.10 Å².